The quantitative estimate of drug-likeness (QED) is 0.339. The monoisotopic (exact) mass is 455 g/mol. The third-order valence-electron chi connectivity index (χ3n) is 5.24. The average molecular weight is 455 g/mol. The first-order valence-corrected chi connectivity index (χ1v) is 10.7. The van der Waals surface area contributed by atoms with Gasteiger partial charge < -0.3 is 14.8 Å². The molecule has 0 aromatic heterocycles. The highest BCUT2D eigenvalue weighted by Crippen LogP contribution is 2.29. The van der Waals surface area contributed by atoms with Gasteiger partial charge in [0.1, 0.15) is 12.6 Å². The minimum absolute atomic E-state index is 0.0644. The van der Waals surface area contributed by atoms with Crippen LogP contribution in [0.5, 0.6) is 0 Å². The predicted octanol–water partition coefficient (Wildman–Crippen LogP) is 0.982. The minimum atomic E-state index is -1.01. The number of carbonyl (C=O) groups excluding carboxylic acids is 5. The number of benzene rings is 1. The van der Waals surface area contributed by atoms with E-state index in [1.165, 1.54) is 13.1 Å². The van der Waals surface area contributed by atoms with E-state index in [2.05, 4.69) is 22.5 Å². The van der Waals surface area contributed by atoms with Gasteiger partial charge in [0.05, 0.1) is 17.7 Å². The van der Waals surface area contributed by atoms with E-state index < -0.39 is 35.8 Å². The van der Waals surface area contributed by atoms with Crippen molar-refractivity contribution in [3.8, 4) is 11.8 Å². The van der Waals surface area contributed by atoms with Crippen LogP contribution in [0.4, 0.5) is 4.79 Å². The summed E-state index contributed by atoms with van der Waals surface area (Å²) in [5.41, 5.74) is 0.739. The standard InChI is InChI=1S/C23H25N3O7/c1-24-23(31)33-14-4-2-3-12-32-13-6-8-15-7-5-9-16-19(15)22(30)26(21(16)29)17-10-11-18(27)25-20(17)28/h5,7,9,17H,2-4,10-14H2,1H3,(H,24,31)(H,25,27,28). The lowest BCUT2D eigenvalue weighted by atomic mass is 10.0. The maximum atomic E-state index is 13.0. The molecule has 10 nitrogen and oxygen atoms in total. The summed E-state index contributed by atoms with van der Waals surface area (Å²) in [5.74, 6) is 3.49. The topological polar surface area (TPSA) is 131 Å². The second-order valence-corrected chi connectivity index (χ2v) is 7.48. The van der Waals surface area contributed by atoms with Crippen molar-refractivity contribution in [1.82, 2.24) is 15.5 Å². The fourth-order valence-corrected chi connectivity index (χ4v) is 3.59. The van der Waals surface area contributed by atoms with Crippen molar-refractivity contribution in [2.75, 3.05) is 26.9 Å². The Labute approximate surface area is 191 Å². The van der Waals surface area contributed by atoms with Gasteiger partial charge in [0.15, 0.2) is 0 Å². The molecular formula is C23H25N3O7. The largest absolute Gasteiger partial charge is 0.450 e. The highest BCUT2D eigenvalue weighted by atomic mass is 16.5. The third-order valence-corrected chi connectivity index (χ3v) is 5.24. The Hall–Kier alpha value is -3.71. The molecule has 3 rings (SSSR count). The zero-order valence-corrected chi connectivity index (χ0v) is 18.3. The molecule has 5 amide bonds. The summed E-state index contributed by atoms with van der Waals surface area (Å²) in [6, 6.07) is 3.78. The molecule has 1 saturated heterocycles. The number of ether oxygens (including phenoxy) is 2. The van der Waals surface area contributed by atoms with Crippen molar-refractivity contribution < 1.29 is 33.4 Å². The summed E-state index contributed by atoms with van der Waals surface area (Å²) in [7, 11) is 1.50. The number of unbranched alkanes of at least 4 members (excludes halogenated alkanes) is 2. The number of hydrogen-bond donors (Lipinski definition) is 2. The van der Waals surface area contributed by atoms with Gasteiger partial charge in [0.25, 0.3) is 11.8 Å². The van der Waals surface area contributed by atoms with Crippen LogP contribution in [0.15, 0.2) is 18.2 Å². The number of nitrogens with zero attached hydrogens (tertiary/aromatic N) is 1. The molecule has 2 N–H and O–H groups in total. The van der Waals surface area contributed by atoms with Crippen LogP contribution in [-0.4, -0.2) is 67.5 Å². The Morgan fingerprint density at radius 1 is 1.15 bits per heavy atom. The maximum Gasteiger partial charge on any atom is 0.406 e. The Morgan fingerprint density at radius 3 is 2.70 bits per heavy atom. The van der Waals surface area contributed by atoms with Crippen LogP contribution in [-0.2, 0) is 19.1 Å². The summed E-state index contributed by atoms with van der Waals surface area (Å²) in [5, 5.41) is 4.55. The van der Waals surface area contributed by atoms with E-state index in [1.54, 1.807) is 12.1 Å². The van der Waals surface area contributed by atoms with Crippen molar-refractivity contribution in [3.63, 3.8) is 0 Å². The number of fused-ring (bicyclic) bond motifs is 1. The zero-order chi connectivity index (χ0) is 23.8. The summed E-state index contributed by atoms with van der Waals surface area (Å²) in [6.45, 7) is 0.987. The summed E-state index contributed by atoms with van der Waals surface area (Å²) >= 11 is 0. The smallest absolute Gasteiger partial charge is 0.406 e. The van der Waals surface area contributed by atoms with Crippen LogP contribution < -0.4 is 10.6 Å². The first-order chi connectivity index (χ1) is 15.9. The second-order valence-electron chi connectivity index (χ2n) is 7.48. The molecule has 1 aromatic carbocycles. The van der Waals surface area contributed by atoms with Gasteiger partial charge in [-0.3, -0.25) is 29.4 Å². The molecule has 174 valence electrons. The summed E-state index contributed by atoms with van der Waals surface area (Å²) in [4.78, 5) is 61.2. The van der Waals surface area contributed by atoms with Crippen molar-refractivity contribution in [1.29, 1.82) is 0 Å². The summed E-state index contributed by atoms with van der Waals surface area (Å²) < 4.78 is 10.4. The normalized spacial score (nSPS) is 17.2. The fourth-order valence-electron chi connectivity index (χ4n) is 3.59. The van der Waals surface area contributed by atoms with E-state index in [0.29, 0.717) is 18.8 Å². The van der Waals surface area contributed by atoms with Gasteiger partial charge in [0.2, 0.25) is 11.8 Å². The number of piperidine rings is 1. The lowest BCUT2D eigenvalue weighted by molar-refractivity contribution is -0.136. The van der Waals surface area contributed by atoms with Crippen molar-refractivity contribution in [2.24, 2.45) is 0 Å². The van der Waals surface area contributed by atoms with Crippen molar-refractivity contribution >= 4 is 29.7 Å². The van der Waals surface area contributed by atoms with E-state index in [4.69, 9.17) is 9.47 Å². The molecule has 0 spiro atoms. The first kappa shape index (κ1) is 23.9. The van der Waals surface area contributed by atoms with Gasteiger partial charge in [-0.15, -0.1) is 0 Å². The van der Waals surface area contributed by atoms with Gasteiger partial charge in [-0.05, 0) is 37.8 Å². The number of imide groups is 2. The Morgan fingerprint density at radius 2 is 1.94 bits per heavy atom. The van der Waals surface area contributed by atoms with Gasteiger partial charge >= 0.3 is 6.09 Å². The highest BCUT2D eigenvalue weighted by molar-refractivity contribution is 6.24. The van der Waals surface area contributed by atoms with Gasteiger partial charge in [-0.2, -0.15) is 0 Å². The molecule has 0 bridgehead atoms. The molecule has 0 saturated carbocycles. The number of carbonyl (C=O) groups is 5. The number of alkyl carbamates (subject to hydrolysis) is 1. The molecule has 2 aliphatic rings. The van der Waals surface area contributed by atoms with Crippen LogP contribution in [0.25, 0.3) is 0 Å². The zero-order valence-electron chi connectivity index (χ0n) is 18.3. The fraction of sp³-hybridized carbons (Fsp3) is 0.435. The van der Waals surface area contributed by atoms with Crippen LogP contribution in [0.2, 0.25) is 0 Å². The first-order valence-electron chi connectivity index (χ1n) is 10.7. The number of amides is 5. The molecule has 0 aliphatic carbocycles. The van der Waals surface area contributed by atoms with Crippen LogP contribution in [0.1, 0.15) is 58.4 Å². The molecular weight excluding hydrogens is 430 g/mol. The molecule has 0 radical (unpaired) electrons. The highest BCUT2D eigenvalue weighted by Gasteiger charge is 2.45. The number of nitrogens with one attached hydrogen (secondary N) is 2. The molecule has 1 unspecified atom stereocenters. The molecule has 2 heterocycles. The van der Waals surface area contributed by atoms with Crippen LogP contribution in [0, 0.1) is 11.8 Å². The van der Waals surface area contributed by atoms with Gasteiger partial charge in [-0.25, -0.2) is 4.79 Å². The van der Waals surface area contributed by atoms with Crippen molar-refractivity contribution in [2.45, 2.75) is 38.1 Å². The molecule has 1 fully saturated rings. The summed E-state index contributed by atoms with van der Waals surface area (Å²) in [6.07, 6.45) is 2.07. The molecule has 1 atom stereocenters. The molecule has 10 heteroatoms. The van der Waals surface area contributed by atoms with Gasteiger partial charge in [0, 0.05) is 25.6 Å². The van der Waals surface area contributed by atoms with E-state index in [1.807, 2.05) is 0 Å². The van der Waals surface area contributed by atoms with Crippen molar-refractivity contribution in [3.05, 3.63) is 34.9 Å². The second kappa shape index (κ2) is 11.2. The number of hydrogen-bond acceptors (Lipinski definition) is 7. The van der Waals surface area contributed by atoms with Crippen LogP contribution in [0.3, 0.4) is 0 Å². The minimum Gasteiger partial charge on any atom is -0.450 e. The lowest BCUT2D eigenvalue weighted by Gasteiger charge is -2.27. The predicted molar refractivity (Wildman–Crippen MR) is 115 cm³/mol. The number of rotatable bonds is 8. The van der Waals surface area contributed by atoms with E-state index in [-0.39, 0.29) is 30.6 Å². The Kier molecular flexibility index (Phi) is 8.16. The molecule has 1 aromatic rings. The third kappa shape index (κ3) is 5.75. The SMILES string of the molecule is CNC(=O)OCCCCCOCC#Cc1cccc2c1C(=O)N(C1CCC(=O)NC1=O)C2=O. The lowest BCUT2D eigenvalue weighted by Crippen LogP contribution is -2.54. The van der Waals surface area contributed by atoms with E-state index in [9.17, 15) is 24.0 Å². The molecule has 33 heavy (non-hydrogen) atoms. The Balaban J connectivity index is 1.52. The Bertz CT molecular complexity index is 1020. The molecule has 2 aliphatic heterocycles. The van der Waals surface area contributed by atoms with E-state index in [0.717, 1.165) is 24.2 Å². The maximum absolute atomic E-state index is 13.0. The average Bonchev–Trinajstić information content (AvgIpc) is 3.05. The van der Waals surface area contributed by atoms with Gasteiger partial charge in [-0.1, -0.05) is 17.9 Å². The van der Waals surface area contributed by atoms with Crippen LogP contribution >= 0.6 is 0 Å². The van der Waals surface area contributed by atoms with E-state index >= 15 is 0 Å².